The Bertz CT molecular complexity index is 3820. The lowest BCUT2D eigenvalue weighted by molar-refractivity contribution is 0.660. The molecule has 13 rings (SSSR count). The Kier molecular flexibility index (Phi) is 8.56. The van der Waals surface area contributed by atoms with Crippen LogP contribution in [0.2, 0.25) is 0 Å². The van der Waals surface area contributed by atoms with Crippen LogP contribution in [-0.4, -0.2) is 4.57 Å². The molecule has 0 saturated carbocycles. The summed E-state index contributed by atoms with van der Waals surface area (Å²) < 4.78 is 9.40. The molecule has 3 heteroatoms. The monoisotopic (exact) mass is 844 g/mol. The average Bonchev–Trinajstić information content (AvgIpc) is 4.00. The van der Waals surface area contributed by atoms with Crippen molar-refractivity contribution in [1.82, 2.24) is 4.57 Å². The Morgan fingerprint density at radius 1 is 0.379 bits per heavy atom. The molecule has 0 bridgehead atoms. The predicted octanol–water partition coefficient (Wildman–Crippen LogP) is 17.5. The van der Waals surface area contributed by atoms with E-state index in [-0.39, 0.29) is 5.41 Å². The first kappa shape index (κ1) is 38.1. The molecule has 66 heavy (non-hydrogen) atoms. The summed E-state index contributed by atoms with van der Waals surface area (Å²) in [5.74, 6) is 0. The Labute approximate surface area is 384 Å². The van der Waals surface area contributed by atoms with E-state index in [9.17, 15) is 0 Å². The third kappa shape index (κ3) is 5.76. The maximum absolute atomic E-state index is 6.98. The van der Waals surface area contributed by atoms with Gasteiger partial charge in [-0.3, -0.25) is 0 Å². The molecule has 1 aliphatic carbocycles. The summed E-state index contributed by atoms with van der Waals surface area (Å²) in [5.41, 5.74) is 20.3. The van der Waals surface area contributed by atoms with Crippen LogP contribution in [0.25, 0.3) is 93.9 Å². The van der Waals surface area contributed by atoms with E-state index in [0.29, 0.717) is 0 Å². The average molecular weight is 845 g/mol. The number of rotatable bonds is 7. The third-order valence-corrected chi connectivity index (χ3v) is 14.0. The minimum absolute atomic E-state index is 0.136. The number of para-hydroxylation sites is 6. The number of nitrogens with zero attached hydrogens (tertiary/aromatic N) is 2. The fourth-order valence-electron chi connectivity index (χ4n) is 10.9. The highest BCUT2D eigenvalue weighted by Gasteiger charge is 2.35. The van der Waals surface area contributed by atoms with Gasteiger partial charge in [0.1, 0.15) is 11.2 Å². The van der Waals surface area contributed by atoms with Crippen molar-refractivity contribution in [3.8, 4) is 50.2 Å². The van der Waals surface area contributed by atoms with Crippen molar-refractivity contribution in [2.45, 2.75) is 19.3 Å². The van der Waals surface area contributed by atoms with E-state index >= 15 is 0 Å². The van der Waals surface area contributed by atoms with Gasteiger partial charge in [0.15, 0.2) is 0 Å². The van der Waals surface area contributed by atoms with Crippen LogP contribution in [0.3, 0.4) is 0 Å². The zero-order valence-electron chi connectivity index (χ0n) is 36.7. The second-order valence-electron chi connectivity index (χ2n) is 18.0. The van der Waals surface area contributed by atoms with Gasteiger partial charge in [0.25, 0.3) is 0 Å². The van der Waals surface area contributed by atoms with Gasteiger partial charge < -0.3 is 13.9 Å². The molecule has 3 nitrogen and oxygen atoms in total. The minimum atomic E-state index is -0.136. The number of anilines is 3. The molecule has 1 aliphatic rings. The fourth-order valence-corrected chi connectivity index (χ4v) is 10.9. The van der Waals surface area contributed by atoms with Crippen molar-refractivity contribution in [2.24, 2.45) is 0 Å². The molecule has 0 radical (unpaired) electrons. The van der Waals surface area contributed by atoms with E-state index in [1.807, 2.05) is 0 Å². The van der Waals surface area contributed by atoms with Gasteiger partial charge >= 0.3 is 0 Å². The number of furan rings is 1. The van der Waals surface area contributed by atoms with E-state index < -0.39 is 0 Å². The van der Waals surface area contributed by atoms with Crippen LogP contribution in [0, 0.1) is 0 Å². The van der Waals surface area contributed by atoms with Crippen molar-refractivity contribution in [3.63, 3.8) is 0 Å². The molecule has 0 unspecified atom stereocenters. The second-order valence-corrected chi connectivity index (χ2v) is 18.0. The highest BCUT2D eigenvalue weighted by atomic mass is 16.3. The summed E-state index contributed by atoms with van der Waals surface area (Å²) in [6, 6.07) is 83.9. The Morgan fingerprint density at radius 3 is 1.65 bits per heavy atom. The highest BCUT2D eigenvalue weighted by molar-refractivity contribution is 6.14. The van der Waals surface area contributed by atoms with Crippen LogP contribution in [-0.2, 0) is 5.41 Å². The Hall–Kier alpha value is -8.40. The molecule has 0 fully saturated rings. The Balaban J connectivity index is 1.10. The molecule has 2 heterocycles. The quantitative estimate of drug-likeness (QED) is 0.159. The van der Waals surface area contributed by atoms with Crippen LogP contribution >= 0.6 is 0 Å². The molecular weight excluding hydrogens is 801 g/mol. The van der Waals surface area contributed by atoms with Crippen LogP contribution < -0.4 is 4.90 Å². The molecule has 12 aromatic rings. The summed E-state index contributed by atoms with van der Waals surface area (Å²) in [6.07, 6.45) is 0. The van der Waals surface area contributed by atoms with E-state index in [0.717, 1.165) is 83.5 Å². The van der Waals surface area contributed by atoms with E-state index in [1.54, 1.807) is 0 Å². The van der Waals surface area contributed by atoms with Crippen molar-refractivity contribution in [3.05, 3.63) is 242 Å². The lowest BCUT2D eigenvalue weighted by Gasteiger charge is -2.31. The highest BCUT2D eigenvalue weighted by Crippen LogP contribution is 2.52. The lowest BCUT2D eigenvalue weighted by Crippen LogP contribution is -2.15. The van der Waals surface area contributed by atoms with E-state index in [2.05, 4.69) is 254 Å². The molecule has 0 saturated heterocycles. The molecule has 2 aromatic heterocycles. The van der Waals surface area contributed by atoms with Crippen molar-refractivity contribution in [2.75, 3.05) is 4.90 Å². The molecule has 10 aromatic carbocycles. The van der Waals surface area contributed by atoms with Gasteiger partial charge in [-0.1, -0.05) is 190 Å². The zero-order valence-corrected chi connectivity index (χ0v) is 36.7. The normalized spacial score (nSPS) is 12.8. The van der Waals surface area contributed by atoms with Gasteiger partial charge in [-0.05, 0) is 88.0 Å². The minimum Gasteiger partial charge on any atom is -0.455 e. The predicted molar refractivity (Wildman–Crippen MR) is 277 cm³/mol. The molecular formula is C63H44N2O. The molecule has 312 valence electrons. The smallest absolute Gasteiger partial charge is 0.143 e. The fraction of sp³-hybridized carbons (Fsp3) is 0.0476. The summed E-state index contributed by atoms with van der Waals surface area (Å²) in [4.78, 5) is 2.48. The number of hydrogen-bond donors (Lipinski definition) is 0. The van der Waals surface area contributed by atoms with Gasteiger partial charge in [0.05, 0.1) is 28.1 Å². The van der Waals surface area contributed by atoms with Gasteiger partial charge in [-0.2, -0.15) is 0 Å². The van der Waals surface area contributed by atoms with E-state index in [1.165, 1.54) is 38.6 Å². The van der Waals surface area contributed by atoms with Crippen LogP contribution in [0.4, 0.5) is 17.1 Å². The second kappa shape index (κ2) is 14.8. The summed E-state index contributed by atoms with van der Waals surface area (Å²) in [7, 11) is 0. The topological polar surface area (TPSA) is 21.3 Å². The number of fused-ring (bicyclic) bond motifs is 9. The standard InChI is InChI=1S/C63H44N2O/c1-63(2)54-29-13-6-24-46(54)47-37-36-42(38-55(47)63)45-23-8-15-31-57(45)64(56-30-14-7-22-44(56)41-20-4-3-5-21-41)43-39-52(62-53(40-43)51-28-12-19-35-61(51)66-62)50-27-11-18-34-60(50)65-58-32-16-9-25-48(58)49-26-10-17-33-59(49)65/h3-40H,1-2H3. The molecule has 0 aliphatic heterocycles. The van der Waals surface area contributed by atoms with Crippen molar-refractivity contribution >= 4 is 60.8 Å². The maximum atomic E-state index is 6.98. The molecule has 0 N–H and O–H groups in total. The van der Waals surface area contributed by atoms with Crippen molar-refractivity contribution < 1.29 is 4.42 Å². The first-order chi connectivity index (χ1) is 32.5. The maximum Gasteiger partial charge on any atom is 0.143 e. The first-order valence-electron chi connectivity index (χ1n) is 22.8. The third-order valence-electron chi connectivity index (χ3n) is 14.0. The van der Waals surface area contributed by atoms with Crippen LogP contribution in [0.5, 0.6) is 0 Å². The van der Waals surface area contributed by atoms with Crippen LogP contribution in [0.1, 0.15) is 25.0 Å². The Morgan fingerprint density at radius 2 is 0.924 bits per heavy atom. The molecule has 0 amide bonds. The van der Waals surface area contributed by atoms with Gasteiger partial charge in [0.2, 0.25) is 0 Å². The lowest BCUT2D eigenvalue weighted by atomic mass is 9.81. The van der Waals surface area contributed by atoms with Gasteiger partial charge in [-0.25, -0.2) is 0 Å². The SMILES string of the molecule is CC1(C)c2ccccc2-c2ccc(-c3ccccc3N(c3cc(-c4ccccc4-n4c5ccccc5c5ccccc54)c4oc5ccccc5c4c3)c3ccccc3-c3ccccc3)cc21. The van der Waals surface area contributed by atoms with Crippen LogP contribution in [0.15, 0.2) is 235 Å². The molecule has 0 atom stereocenters. The summed E-state index contributed by atoms with van der Waals surface area (Å²) in [5, 5.41) is 4.59. The summed E-state index contributed by atoms with van der Waals surface area (Å²) >= 11 is 0. The number of aromatic nitrogens is 1. The van der Waals surface area contributed by atoms with Gasteiger partial charge in [0, 0.05) is 54.9 Å². The van der Waals surface area contributed by atoms with E-state index in [4.69, 9.17) is 4.42 Å². The molecule has 0 spiro atoms. The van der Waals surface area contributed by atoms with Gasteiger partial charge in [-0.15, -0.1) is 0 Å². The zero-order chi connectivity index (χ0) is 43.9. The number of hydrogen-bond acceptors (Lipinski definition) is 2. The number of benzene rings is 10. The first-order valence-corrected chi connectivity index (χ1v) is 22.8. The van der Waals surface area contributed by atoms with Crippen molar-refractivity contribution in [1.29, 1.82) is 0 Å². The largest absolute Gasteiger partial charge is 0.455 e. The summed E-state index contributed by atoms with van der Waals surface area (Å²) in [6.45, 7) is 4.72.